The van der Waals surface area contributed by atoms with Crippen LogP contribution in [-0.4, -0.2) is 52.3 Å². The van der Waals surface area contributed by atoms with E-state index in [-0.39, 0.29) is 17.9 Å². The van der Waals surface area contributed by atoms with Crippen molar-refractivity contribution in [2.75, 3.05) is 19.6 Å². The van der Waals surface area contributed by atoms with Crippen LogP contribution in [0.25, 0.3) is 0 Å². The van der Waals surface area contributed by atoms with Crippen LogP contribution in [0.4, 0.5) is 8.78 Å². The number of aryl methyl sites for hydroxylation is 1. The standard InChI is InChI=1S/C25H29F2N3O2/c1-16-9-10-19(24(31)30-13-4-3-6-17(30)2)23(28-16)18-11-14-29(15-12-18)25(32)22-20(26)7-5-8-21(22)27/h5,7-10,17-18H,3-4,6,11-15H2,1-2H3. The van der Waals surface area contributed by atoms with Crippen molar-refractivity contribution in [2.24, 2.45) is 0 Å². The van der Waals surface area contributed by atoms with E-state index < -0.39 is 23.1 Å². The number of rotatable bonds is 3. The molecular weight excluding hydrogens is 412 g/mol. The minimum atomic E-state index is -0.846. The van der Waals surface area contributed by atoms with Crippen molar-refractivity contribution in [1.82, 2.24) is 14.8 Å². The molecular formula is C25H29F2N3O2. The molecule has 32 heavy (non-hydrogen) atoms. The molecule has 4 rings (SSSR count). The number of carbonyl (C=O) groups excluding carboxylic acids is 2. The van der Waals surface area contributed by atoms with E-state index in [1.807, 2.05) is 24.0 Å². The zero-order valence-electron chi connectivity index (χ0n) is 18.6. The number of halogens is 2. The first-order valence-corrected chi connectivity index (χ1v) is 11.4. The molecule has 1 aromatic carbocycles. The lowest BCUT2D eigenvalue weighted by Gasteiger charge is -2.35. The largest absolute Gasteiger partial charge is 0.338 e. The number of piperidine rings is 2. The van der Waals surface area contributed by atoms with E-state index in [2.05, 4.69) is 6.92 Å². The third-order valence-corrected chi connectivity index (χ3v) is 6.70. The van der Waals surface area contributed by atoms with E-state index in [4.69, 9.17) is 4.98 Å². The molecule has 2 aromatic rings. The number of pyridine rings is 1. The van der Waals surface area contributed by atoms with Gasteiger partial charge in [0.05, 0.1) is 11.3 Å². The van der Waals surface area contributed by atoms with E-state index in [1.54, 1.807) is 0 Å². The number of benzene rings is 1. The average Bonchev–Trinajstić information content (AvgIpc) is 2.79. The van der Waals surface area contributed by atoms with Gasteiger partial charge in [-0.15, -0.1) is 0 Å². The molecule has 0 spiro atoms. The van der Waals surface area contributed by atoms with Crippen molar-refractivity contribution in [1.29, 1.82) is 0 Å². The van der Waals surface area contributed by atoms with Crippen molar-refractivity contribution < 1.29 is 18.4 Å². The van der Waals surface area contributed by atoms with E-state index in [1.165, 1.54) is 11.0 Å². The summed E-state index contributed by atoms with van der Waals surface area (Å²) in [6.45, 7) is 5.47. The van der Waals surface area contributed by atoms with Gasteiger partial charge in [-0.1, -0.05) is 6.07 Å². The summed E-state index contributed by atoms with van der Waals surface area (Å²) in [6.07, 6.45) is 4.34. The molecule has 2 amide bonds. The van der Waals surface area contributed by atoms with Crippen molar-refractivity contribution in [3.8, 4) is 0 Å². The first-order chi connectivity index (χ1) is 15.4. The Morgan fingerprint density at radius 1 is 0.938 bits per heavy atom. The molecule has 1 aromatic heterocycles. The molecule has 2 aliphatic heterocycles. The SMILES string of the molecule is Cc1ccc(C(=O)N2CCCCC2C)c(C2CCN(C(=O)c3c(F)cccc3F)CC2)n1. The molecule has 7 heteroatoms. The van der Waals surface area contributed by atoms with Crippen molar-refractivity contribution in [3.63, 3.8) is 0 Å². The van der Waals surface area contributed by atoms with Crippen LogP contribution < -0.4 is 0 Å². The van der Waals surface area contributed by atoms with Crippen LogP contribution in [0.2, 0.25) is 0 Å². The number of nitrogens with zero attached hydrogens (tertiary/aromatic N) is 3. The van der Waals surface area contributed by atoms with E-state index in [9.17, 15) is 18.4 Å². The second-order valence-corrected chi connectivity index (χ2v) is 8.89. The fourth-order valence-electron chi connectivity index (χ4n) is 4.84. The summed E-state index contributed by atoms with van der Waals surface area (Å²) in [6, 6.07) is 7.39. The minimum absolute atomic E-state index is 0.0171. The minimum Gasteiger partial charge on any atom is -0.338 e. The number of likely N-dealkylation sites (tertiary alicyclic amines) is 2. The monoisotopic (exact) mass is 441 g/mol. The van der Waals surface area contributed by atoms with Gasteiger partial charge in [0.25, 0.3) is 11.8 Å². The van der Waals surface area contributed by atoms with Crippen LogP contribution in [0.3, 0.4) is 0 Å². The molecule has 2 saturated heterocycles. The maximum Gasteiger partial charge on any atom is 0.259 e. The molecule has 5 nitrogen and oxygen atoms in total. The number of aromatic nitrogens is 1. The van der Waals surface area contributed by atoms with Crippen molar-refractivity contribution in [3.05, 3.63) is 64.5 Å². The fraction of sp³-hybridized carbons (Fsp3) is 0.480. The van der Waals surface area contributed by atoms with Gasteiger partial charge in [-0.05, 0) is 70.2 Å². The third kappa shape index (κ3) is 4.38. The second kappa shape index (κ2) is 9.35. The fourth-order valence-corrected chi connectivity index (χ4v) is 4.84. The molecule has 1 atom stereocenters. The number of hydrogen-bond donors (Lipinski definition) is 0. The van der Waals surface area contributed by atoms with E-state index >= 15 is 0 Å². The molecule has 170 valence electrons. The van der Waals surface area contributed by atoms with Crippen LogP contribution in [0.1, 0.15) is 77.0 Å². The lowest BCUT2D eigenvalue weighted by molar-refractivity contribution is 0.0627. The number of amides is 2. The summed E-state index contributed by atoms with van der Waals surface area (Å²) >= 11 is 0. The molecule has 2 aliphatic rings. The normalized spacial score (nSPS) is 19.8. The summed E-state index contributed by atoms with van der Waals surface area (Å²) in [4.78, 5) is 34.2. The van der Waals surface area contributed by atoms with Crippen molar-refractivity contribution in [2.45, 2.75) is 57.9 Å². The van der Waals surface area contributed by atoms with Crippen LogP contribution in [0.5, 0.6) is 0 Å². The molecule has 1 unspecified atom stereocenters. The van der Waals surface area contributed by atoms with Gasteiger partial charge in [-0.2, -0.15) is 0 Å². The molecule has 2 fully saturated rings. The zero-order valence-corrected chi connectivity index (χ0v) is 18.6. The van der Waals surface area contributed by atoms with Gasteiger partial charge in [0.1, 0.15) is 17.2 Å². The van der Waals surface area contributed by atoms with Crippen LogP contribution >= 0.6 is 0 Å². The van der Waals surface area contributed by atoms with Crippen LogP contribution in [-0.2, 0) is 0 Å². The maximum absolute atomic E-state index is 14.1. The Bertz CT molecular complexity index is 998. The van der Waals surface area contributed by atoms with Crippen LogP contribution in [0.15, 0.2) is 30.3 Å². The highest BCUT2D eigenvalue weighted by Crippen LogP contribution is 2.32. The summed E-state index contributed by atoms with van der Waals surface area (Å²) in [5, 5.41) is 0. The van der Waals surface area contributed by atoms with Gasteiger partial charge in [0.15, 0.2) is 0 Å². The van der Waals surface area contributed by atoms with Gasteiger partial charge in [0.2, 0.25) is 0 Å². The average molecular weight is 442 g/mol. The Balaban J connectivity index is 1.52. The summed E-state index contributed by atoms with van der Waals surface area (Å²) in [5.74, 6) is -2.29. The third-order valence-electron chi connectivity index (χ3n) is 6.70. The van der Waals surface area contributed by atoms with Gasteiger partial charge < -0.3 is 9.80 Å². The van der Waals surface area contributed by atoms with Crippen molar-refractivity contribution >= 4 is 11.8 Å². The summed E-state index contributed by atoms with van der Waals surface area (Å²) < 4.78 is 28.1. The molecule has 0 N–H and O–H groups in total. The number of carbonyl (C=O) groups is 2. The highest BCUT2D eigenvalue weighted by molar-refractivity contribution is 5.96. The Hall–Kier alpha value is -2.83. The lowest BCUT2D eigenvalue weighted by Crippen LogP contribution is -2.43. The molecule has 0 aliphatic carbocycles. The molecule has 0 bridgehead atoms. The first kappa shape index (κ1) is 22.4. The highest BCUT2D eigenvalue weighted by atomic mass is 19.1. The maximum atomic E-state index is 14.1. The van der Waals surface area contributed by atoms with E-state index in [0.717, 1.165) is 49.3 Å². The Kier molecular flexibility index (Phi) is 6.53. The molecule has 3 heterocycles. The molecule has 0 saturated carbocycles. The summed E-state index contributed by atoms with van der Waals surface area (Å²) in [5.41, 5.74) is 1.75. The van der Waals surface area contributed by atoms with Gasteiger partial charge >= 0.3 is 0 Å². The summed E-state index contributed by atoms with van der Waals surface area (Å²) in [7, 11) is 0. The Morgan fingerprint density at radius 3 is 2.28 bits per heavy atom. The molecule has 0 radical (unpaired) electrons. The second-order valence-electron chi connectivity index (χ2n) is 8.89. The Labute approximate surface area is 187 Å². The Morgan fingerprint density at radius 2 is 1.62 bits per heavy atom. The number of hydrogen-bond acceptors (Lipinski definition) is 3. The highest BCUT2D eigenvalue weighted by Gasteiger charge is 2.32. The van der Waals surface area contributed by atoms with E-state index in [0.29, 0.717) is 31.5 Å². The van der Waals surface area contributed by atoms with Gasteiger partial charge in [0, 0.05) is 37.3 Å². The predicted molar refractivity (Wildman–Crippen MR) is 118 cm³/mol. The zero-order chi connectivity index (χ0) is 22.8. The van der Waals surface area contributed by atoms with Crippen LogP contribution in [0, 0.1) is 18.6 Å². The smallest absolute Gasteiger partial charge is 0.259 e. The van der Waals surface area contributed by atoms with Gasteiger partial charge in [-0.25, -0.2) is 8.78 Å². The first-order valence-electron chi connectivity index (χ1n) is 11.4. The quantitative estimate of drug-likeness (QED) is 0.694. The predicted octanol–water partition coefficient (Wildman–Crippen LogP) is 4.70. The lowest BCUT2D eigenvalue weighted by atomic mass is 9.89. The van der Waals surface area contributed by atoms with Gasteiger partial charge in [-0.3, -0.25) is 14.6 Å². The topological polar surface area (TPSA) is 53.5 Å².